The number of hydrogen-bond donors (Lipinski definition) is 2. The van der Waals surface area contributed by atoms with Gasteiger partial charge in [0, 0.05) is 17.6 Å². The van der Waals surface area contributed by atoms with E-state index < -0.39 is 5.82 Å². The van der Waals surface area contributed by atoms with E-state index in [0.29, 0.717) is 17.9 Å². The van der Waals surface area contributed by atoms with Gasteiger partial charge in [-0.3, -0.25) is 4.79 Å². The van der Waals surface area contributed by atoms with Crippen molar-refractivity contribution in [3.05, 3.63) is 29.8 Å². The zero-order valence-electron chi connectivity index (χ0n) is 12.6. The minimum absolute atomic E-state index is 0. The van der Waals surface area contributed by atoms with Gasteiger partial charge in [-0.25, -0.2) is 4.39 Å². The summed E-state index contributed by atoms with van der Waals surface area (Å²) in [6, 6.07) is 4.41. The molecule has 0 aliphatic heterocycles. The van der Waals surface area contributed by atoms with Gasteiger partial charge in [0.2, 0.25) is 5.91 Å². The quantitative estimate of drug-likeness (QED) is 0.884. The van der Waals surface area contributed by atoms with Gasteiger partial charge in [0.15, 0.2) is 5.82 Å². The van der Waals surface area contributed by atoms with Crippen LogP contribution in [0.3, 0.4) is 0 Å². The van der Waals surface area contributed by atoms with Crippen LogP contribution in [0.2, 0.25) is 0 Å². The Morgan fingerprint density at radius 1 is 1.43 bits per heavy atom. The highest BCUT2D eigenvalue weighted by Gasteiger charge is 2.27. The van der Waals surface area contributed by atoms with Crippen molar-refractivity contribution in [2.45, 2.75) is 32.2 Å². The lowest BCUT2D eigenvalue weighted by Crippen LogP contribution is -2.23. The minimum atomic E-state index is -0.462. The number of carbonyl (C=O) groups is 1. The predicted molar refractivity (Wildman–Crippen MR) is 85.0 cm³/mol. The fourth-order valence-corrected chi connectivity index (χ4v) is 2.71. The molecular weight excluding hydrogens is 323 g/mol. The van der Waals surface area contributed by atoms with Crippen LogP contribution in [0.5, 0.6) is 0 Å². The highest BCUT2D eigenvalue weighted by Crippen LogP contribution is 2.26. The highest BCUT2D eigenvalue weighted by atomic mass is 35.5. The van der Waals surface area contributed by atoms with Crippen molar-refractivity contribution in [1.29, 1.82) is 0 Å². The normalized spacial score (nSPS) is 20.1. The van der Waals surface area contributed by atoms with Gasteiger partial charge < -0.3 is 11.1 Å². The number of carbonyl (C=O) groups excluding carboxylic acids is 1. The van der Waals surface area contributed by atoms with E-state index in [-0.39, 0.29) is 36.0 Å². The summed E-state index contributed by atoms with van der Waals surface area (Å²) in [5.41, 5.74) is 6.53. The lowest BCUT2D eigenvalue weighted by atomic mass is 10.1. The van der Waals surface area contributed by atoms with Crippen LogP contribution in [0.4, 0.5) is 10.1 Å². The number of aryl methyl sites for hydroxylation is 1. The van der Waals surface area contributed by atoms with E-state index in [0.717, 1.165) is 12.8 Å². The molecule has 1 heterocycles. The molecule has 2 aromatic rings. The molecule has 124 valence electrons. The van der Waals surface area contributed by atoms with Gasteiger partial charge in [-0.05, 0) is 54.8 Å². The molecule has 9 heteroatoms. The Labute approximate surface area is 138 Å². The maximum absolute atomic E-state index is 14.0. The van der Waals surface area contributed by atoms with Gasteiger partial charge in [0.1, 0.15) is 11.5 Å². The molecule has 1 amide bonds. The van der Waals surface area contributed by atoms with Crippen LogP contribution >= 0.6 is 12.4 Å². The molecule has 3 rings (SSSR count). The molecule has 0 bridgehead atoms. The molecule has 1 aromatic carbocycles. The van der Waals surface area contributed by atoms with Crippen molar-refractivity contribution in [2.24, 2.45) is 11.7 Å². The summed E-state index contributed by atoms with van der Waals surface area (Å²) in [5.74, 6) is -0.169. The van der Waals surface area contributed by atoms with Crippen molar-refractivity contribution >= 4 is 24.0 Å². The standard InChI is InChI=1S/C14H17FN6O.ClH/c1-8-18-19-20-21(8)13-7-11(4-5-12(13)15)17-14(22)9-2-3-10(16)6-9;/h4-5,7,9-10H,2-3,6,16H2,1H3,(H,17,22);1H. The van der Waals surface area contributed by atoms with Crippen LogP contribution in [-0.2, 0) is 4.79 Å². The summed E-state index contributed by atoms with van der Waals surface area (Å²) < 4.78 is 15.2. The second-order valence-corrected chi connectivity index (χ2v) is 5.56. The number of nitrogens with two attached hydrogens (primary N) is 1. The van der Waals surface area contributed by atoms with E-state index in [4.69, 9.17) is 5.73 Å². The molecule has 2 unspecified atom stereocenters. The smallest absolute Gasteiger partial charge is 0.227 e. The molecule has 1 aliphatic carbocycles. The molecule has 1 aliphatic rings. The van der Waals surface area contributed by atoms with Crippen LogP contribution in [-0.4, -0.2) is 32.2 Å². The predicted octanol–water partition coefficient (Wildman–Crippen LogP) is 1.60. The minimum Gasteiger partial charge on any atom is -0.328 e. The molecule has 7 nitrogen and oxygen atoms in total. The number of hydrogen-bond acceptors (Lipinski definition) is 5. The van der Waals surface area contributed by atoms with Gasteiger partial charge in [-0.1, -0.05) is 0 Å². The Morgan fingerprint density at radius 3 is 2.83 bits per heavy atom. The zero-order valence-corrected chi connectivity index (χ0v) is 13.4. The van der Waals surface area contributed by atoms with Crippen LogP contribution in [0.1, 0.15) is 25.1 Å². The molecule has 23 heavy (non-hydrogen) atoms. The molecular formula is C14H18ClFN6O. The molecule has 0 radical (unpaired) electrons. The van der Waals surface area contributed by atoms with Gasteiger partial charge >= 0.3 is 0 Å². The van der Waals surface area contributed by atoms with Crippen molar-refractivity contribution < 1.29 is 9.18 Å². The van der Waals surface area contributed by atoms with E-state index in [1.807, 2.05) is 0 Å². The van der Waals surface area contributed by atoms with Crippen molar-refractivity contribution in [3.8, 4) is 5.69 Å². The largest absolute Gasteiger partial charge is 0.328 e. The number of rotatable bonds is 3. The summed E-state index contributed by atoms with van der Waals surface area (Å²) in [6.45, 7) is 1.67. The highest BCUT2D eigenvalue weighted by molar-refractivity contribution is 5.93. The first-order valence-electron chi connectivity index (χ1n) is 7.16. The average molecular weight is 341 g/mol. The average Bonchev–Trinajstić information content (AvgIpc) is 3.10. The monoisotopic (exact) mass is 340 g/mol. The fourth-order valence-electron chi connectivity index (χ4n) is 2.71. The van der Waals surface area contributed by atoms with Crippen LogP contribution in [0.25, 0.3) is 5.69 Å². The van der Waals surface area contributed by atoms with E-state index in [9.17, 15) is 9.18 Å². The maximum atomic E-state index is 14.0. The number of anilines is 1. The van der Waals surface area contributed by atoms with E-state index in [1.54, 1.807) is 6.92 Å². The number of nitrogens with one attached hydrogen (secondary N) is 1. The third kappa shape index (κ3) is 3.65. The Morgan fingerprint density at radius 2 is 2.22 bits per heavy atom. The molecule has 1 fully saturated rings. The first-order chi connectivity index (χ1) is 10.5. The molecule has 0 spiro atoms. The van der Waals surface area contributed by atoms with Gasteiger partial charge in [0.25, 0.3) is 0 Å². The van der Waals surface area contributed by atoms with Crippen LogP contribution < -0.4 is 11.1 Å². The van der Waals surface area contributed by atoms with Crippen molar-refractivity contribution in [3.63, 3.8) is 0 Å². The van der Waals surface area contributed by atoms with Crippen LogP contribution in [0, 0.1) is 18.7 Å². The SMILES string of the molecule is Cc1nnnn1-c1cc(NC(=O)C2CCC(N)C2)ccc1F.Cl. The second-order valence-electron chi connectivity index (χ2n) is 5.56. The summed E-state index contributed by atoms with van der Waals surface area (Å²) in [7, 11) is 0. The first kappa shape index (κ1) is 17.3. The van der Waals surface area contributed by atoms with E-state index in [2.05, 4.69) is 20.8 Å². The van der Waals surface area contributed by atoms with Crippen molar-refractivity contribution in [2.75, 3.05) is 5.32 Å². The van der Waals surface area contributed by atoms with Gasteiger partial charge in [-0.15, -0.1) is 17.5 Å². The van der Waals surface area contributed by atoms with Gasteiger partial charge in [-0.2, -0.15) is 4.68 Å². The number of aromatic nitrogens is 4. The number of halogens is 2. The number of benzene rings is 1. The number of tetrazole rings is 1. The van der Waals surface area contributed by atoms with Crippen LogP contribution in [0.15, 0.2) is 18.2 Å². The van der Waals surface area contributed by atoms with Gasteiger partial charge in [0.05, 0.1) is 0 Å². The zero-order chi connectivity index (χ0) is 15.7. The Hall–Kier alpha value is -2.06. The topological polar surface area (TPSA) is 98.7 Å². The molecule has 0 saturated heterocycles. The lowest BCUT2D eigenvalue weighted by molar-refractivity contribution is -0.119. The second kappa shape index (κ2) is 7.01. The van der Waals surface area contributed by atoms with E-state index in [1.165, 1.54) is 22.9 Å². The maximum Gasteiger partial charge on any atom is 0.227 e. The first-order valence-corrected chi connectivity index (χ1v) is 7.16. The Balaban J connectivity index is 0.00000192. The number of amides is 1. The Bertz CT molecular complexity index is 706. The third-order valence-corrected chi connectivity index (χ3v) is 3.91. The van der Waals surface area contributed by atoms with Crippen molar-refractivity contribution in [1.82, 2.24) is 20.2 Å². The summed E-state index contributed by atoms with van der Waals surface area (Å²) in [5, 5.41) is 13.8. The third-order valence-electron chi connectivity index (χ3n) is 3.91. The fraction of sp³-hybridized carbons (Fsp3) is 0.429. The summed E-state index contributed by atoms with van der Waals surface area (Å²) in [4.78, 5) is 12.2. The summed E-state index contributed by atoms with van der Waals surface area (Å²) in [6.07, 6.45) is 2.33. The Kier molecular flexibility index (Phi) is 5.27. The molecule has 1 saturated carbocycles. The number of nitrogens with zero attached hydrogens (tertiary/aromatic N) is 4. The lowest BCUT2D eigenvalue weighted by Gasteiger charge is -2.12. The molecule has 3 N–H and O–H groups in total. The summed E-state index contributed by atoms with van der Waals surface area (Å²) >= 11 is 0. The molecule has 2 atom stereocenters. The van der Waals surface area contributed by atoms with E-state index >= 15 is 0 Å². The molecule has 1 aromatic heterocycles.